The summed E-state index contributed by atoms with van der Waals surface area (Å²) < 4.78 is 2.85. The Bertz CT molecular complexity index is 604. The van der Waals surface area contributed by atoms with Crippen molar-refractivity contribution in [3.05, 3.63) is 28.0 Å². The fraction of sp³-hybridized carbons (Fsp3) is 0.462. The minimum Gasteiger partial charge on any atom is -0.331 e. The second-order valence-electron chi connectivity index (χ2n) is 5.48. The van der Waals surface area contributed by atoms with Crippen LogP contribution < -0.4 is 0 Å². The number of H-pyrrole nitrogens is 1. The quantitative estimate of drug-likeness (QED) is 0.725. The highest BCUT2D eigenvalue weighted by Gasteiger charge is 2.24. The average molecular weight is 269 g/mol. The number of nitrogens with zero attached hydrogens (tertiary/aromatic N) is 1. The number of nitrogens with one attached hydrogen (secondary N) is 1. The van der Waals surface area contributed by atoms with E-state index in [4.69, 9.17) is 23.8 Å². The largest absolute Gasteiger partial charge is 0.331 e. The summed E-state index contributed by atoms with van der Waals surface area (Å²) in [5.74, 6) is 0. The van der Waals surface area contributed by atoms with E-state index >= 15 is 0 Å². The lowest BCUT2D eigenvalue weighted by Gasteiger charge is -2.29. The van der Waals surface area contributed by atoms with Gasteiger partial charge in [-0.25, -0.2) is 0 Å². The summed E-state index contributed by atoms with van der Waals surface area (Å²) in [5.41, 5.74) is 2.13. The van der Waals surface area contributed by atoms with Gasteiger partial charge in [-0.1, -0.05) is 38.4 Å². The van der Waals surface area contributed by atoms with Gasteiger partial charge in [-0.3, -0.25) is 0 Å². The van der Waals surface area contributed by atoms with Crippen molar-refractivity contribution in [3.63, 3.8) is 0 Å². The Kier molecular flexibility index (Phi) is 3.08. The number of aromatic nitrogens is 2. The highest BCUT2D eigenvalue weighted by Crippen LogP contribution is 2.35. The molecule has 92 valence electrons. The zero-order valence-corrected chi connectivity index (χ0v) is 12.1. The molecule has 1 aromatic carbocycles. The summed E-state index contributed by atoms with van der Waals surface area (Å²) in [4.78, 5) is 3.21. The molecule has 2 rings (SSSR count). The number of rotatable bonds is 1. The van der Waals surface area contributed by atoms with Crippen LogP contribution >= 0.6 is 23.8 Å². The van der Waals surface area contributed by atoms with E-state index in [0.29, 0.717) is 0 Å². The molecular weight excluding hydrogens is 252 g/mol. The number of fused-ring (bicyclic) bond motifs is 1. The third-order valence-corrected chi connectivity index (χ3v) is 3.93. The second-order valence-corrected chi connectivity index (χ2v) is 6.27. The van der Waals surface area contributed by atoms with Crippen molar-refractivity contribution in [3.8, 4) is 0 Å². The Morgan fingerprint density at radius 2 is 2.00 bits per heavy atom. The van der Waals surface area contributed by atoms with Crippen LogP contribution in [0, 0.1) is 10.2 Å². The predicted octanol–water partition coefficient (Wildman–Crippen LogP) is 4.96. The summed E-state index contributed by atoms with van der Waals surface area (Å²) in [6.45, 7) is 8.78. The molecule has 1 atom stereocenters. The Hall–Kier alpha value is -0.800. The second kappa shape index (κ2) is 4.14. The minimum absolute atomic E-state index is 0.131. The maximum atomic E-state index is 6.28. The van der Waals surface area contributed by atoms with Crippen LogP contribution in [-0.2, 0) is 0 Å². The third kappa shape index (κ3) is 2.14. The first-order valence-corrected chi connectivity index (χ1v) is 6.49. The van der Waals surface area contributed by atoms with Gasteiger partial charge in [-0.2, -0.15) is 0 Å². The van der Waals surface area contributed by atoms with Crippen LogP contribution in [0.3, 0.4) is 0 Å². The van der Waals surface area contributed by atoms with Gasteiger partial charge in [0.15, 0.2) is 4.77 Å². The molecular formula is C13H17ClN2S. The first-order chi connectivity index (χ1) is 7.82. The summed E-state index contributed by atoms with van der Waals surface area (Å²) in [5, 5.41) is 0.742. The van der Waals surface area contributed by atoms with Gasteiger partial charge in [-0.05, 0) is 36.7 Å². The molecule has 1 aromatic heterocycles. The molecule has 0 saturated carbocycles. The van der Waals surface area contributed by atoms with Crippen molar-refractivity contribution in [1.29, 1.82) is 0 Å². The van der Waals surface area contributed by atoms with E-state index < -0.39 is 0 Å². The normalized spacial score (nSPS) is 14.2. The van der Waals surface area contributed by atoms with Gasteiger partial charge in [0.25, 0.3) is 0 Å². The molecule has 4 heteroatoms. The Morgan fingerprint density at radius 3 is 2.59 bits per heavy atom. The van der Waals surface area contributed by atoms with Crippen molar-refractivity contribution >= 4 is 34.9 Å². The SMILES string of the molecule is CC(n1c(=S)[nH]c2cccc(Cl)c21)C(C)(C)C. The highest BCUT2D eigenvalue weighted by molar-refractivity contribution is 7.71. The number of hydrogen-bond acceptors (Lipinski definition) is 1. The number of aromatic amines is 1. The molecule has 1 N–H and O–H groups in total. The molecule has 0 aliphatic heterocycles. The molecule has 0 fully saturated rings. The molecule has 1 heterocycles. The van der Waals surface area contributed by atoms with Crippen LogP contribution in [0.2, 0.25) is 5.02 Å². The molecule has 0 bridgehead atoms. The maximum absolute atomic E-state index is 6.28. The van der Waals surface area contributed by atoms with E-state index in [1.165, 1.54) is 0 Å². The summed E-state index contributed by atoms with van der Waals surface area (Å²) >= 11 is 11.7. The molecule has 0 aliphatic carbocycles. The molecule has 0 aliphatic rings. The first-order valence-electron chi connectivity index (χ1n) is 5.71. The van der Waals surface area contributed by atoms with Crippen molar-refractivity contribution in [2.45, 2.75) is 33.7 Å². The summed E-state index contributed by atoms with van der Waals surface area (Å²) in [6.07, 6.45) is 0. The van der Waals surface area contributed by atoms with Crippen molar-refractivity contribution < 1.29 is 0 Å². The third-order valence-electron chi connectivity index (χ3n) is 3.33. The number of imidazole rings is 1. The highest BCUT2D eigenvalue weighted by atomic mass is 35.5. The van der Waals surface area contributed by atoms with Crippen LogP contribution in [0.15, 0.2) is 18.2 Å². The molecule has 2 aromatic rings. The molecule has 2 nitrogen and oxygen atoms in total. The summed E-state index contributed by atoms with van der Waals surface area (Å²) in [7, 11) is 0. The Balaban J connectivity index is 2.77. The molecule has 0 radical (unpaired) electrons. The molecule has 0 amide bonds. The zero-order chi connectivity index (χ0) is 12.8. The van der Waals surface area contributed by atoms with Crippen LogP contribution in [0.4, 0.5) is 0 Å². The monoisotopic (exact) mass is 268 g/mol. The fourth-order valence-corrected chi connectivity index (χ4v) is 2.52. The van der Waals surface area contributed by atoms with Gasteiger partial charge < -0.3 is 9.55 Å². The van der Waals surface area contributed by atoms with Crippen LogP contribution in [0.5, 0.6) is 0 Å². The zero-order valence-electron chi connectivity index (χ0n) is 10.5. The lowest BCUT2D eigenvalue weighted by atomic mass is 9.88. The Morgan fingerprint density at radius 1 is 1.35 bits per heavy atom. The number of hydrogen-bond donors (Lipinski definition) is 1. The molecule has 1 unspecified atom stereocenters. The lowest BCUT2D eigenvalue weighted by Crippen LogP contribution is -2.21. The van der Waals surface area contributed by atoms with E-state index in [9.17, 15) is 0 Å². The van der Waals surface area contributed by atoms with E-state index in [-0.39, 0.29) is 11.5 Å². The molecule has 0 saturated heterocycles. The van der Waals surface area contributed by atoms with Gasteiger partial charge in [0.2, 0.25) is 0 Å². The van der Waals surface area contributed by atoms with Gasteiger partial charge in [0.1, 0.15) is 0 Å². The lowest BCUT2D eigenvalue weighted by molar-refractivity contribution is 0.265. The Labute approximate surface area is 112 Å². The standard InChI is InChI=1S/C13H17ClN2S/c1-8(13(2,3)4)16-11-9(14)6-5-7-10(11)15-12(16)17/h5-8H,1-4H3,(H,15,17). The predicted molar refractivity (Wildman–Crippen MR) is 76.3 cm³/mol. The van der Waals surface area contributed by atoms with E-state index in [1.807, 2.05) is 18.2 Å². The number of halogens is 1. The van der Waals surface area contributed by atoms with Gasteiger partial charge in [0, 0.05) is 6.04 Å². The fourth-order valence-electron chi connectivity index (χ4n) is 1.89. The molecule has 0 spiro atoms. The number of para-hydroxylation sites is 1. The van der Waals surface area contributed by atoms with Crippen molar-refractivity contribution in [1.82, 2.24) is 9.55 Å². The van der Waals surface area contributed by atoms with E-state index in [2.05, 4.69) is 37.2 Å². The first kappa shape index (κ1) is 12.7. The maximum Gasteiger partial charge on any atom is 0.178 e. The van der Waals surface area contributed by atoms with E-state index in [0.717, 1.165) is 20.8 Å². The van der Waals surface area contributed by atoms with Gasteiger partial charge in [0.05, 0.1) is 16.1 Å². The van der Waals surface area contributed by atoms with Crippen molar-refractivity contribution in [2.75, 3.05) is 0 Å². The van der Waals surface area contributed by atoms with Crippen LogP contribution in [0.1, 0.15) is 33.7 Å². The van der Waals surface area contributed by atoms with Crippen LogP contribution in [-0.4, -0.2) is 9.55 Å². The summed E-state index contributed by atoms with van der Waals surface area (Å²) in [6, 6.07) is 6.12. The molecule has 17 heavy (non-hydrogen) atoms. The van der Waals surface area contributed by atoms with Crippen molar-refractivity contribution in [2.24, 2.45) is 5.41 Å². The van der Waals surface area contributed by atoms with Gasteiger partial charge in [-0.15, -0.1) is 0 Å². The number of benzene rings is 1. The average Bonchev–Trinajstić information content (AvgIpc) is 2.53. The minimum atomic E-state index is 0.131. The van der Waals surface area contributed by atoms with E-state index in [1.54, 1.807) is 0 Å². The van der Waals surface area contributed by atoms with Gasteiger partial charge >= 0.3 is 0 Å². The smallest absolute Gasteiger partial charge is 0.178 e. The topological polar surface area (TPSA) is 20.7 Å². The van der Waals surface area contributed by atoms with Crippen LogP contribution in [0.25, 0.3) is 11.0 Å².